The van der Waals surface area contributed by atoms with E-state index in [2.05, 4.69) is 0 Å². The van der Waals surface area contributed by atoms with Crippen LogP contribution in [0.3, 0.4) is 0 Å². The average Bonchev–Trinajstić information content (AvgIpc) is 2.66. The third-order valence-corrected chi connectivity index (χ3v) is 4.61. The molecule has 0 N–H and O–H groups in total. The molecule has 132 valence electrons. The third-order valence-electron chi connectivity index (χ3n) is 3.86. The van der Waals surface area contributed by atoms with E-state index in [-0.39, 0.29) is 18.3 Å². The van der Waals surface area contributed by atoms with Crippen molar-refractivity contribution in [1.82, 2.24) is 4.90 Å². The van der Waals surface area contributed by atoms with Crippen molar-refractivity contribution in [1.29, 1.82) is 0 Å². The monoisotopic (exact) mass is 357 g/mol. The van der Waals surface area contributed by atoms with Gasteiger partial charge in [0.2, 0.25) is 0 Å². The number of hydrogen-bond acceptors (Lipinski definition) is 4. The van der Waals surface area contributed by atoms with Crippen LogP contribution in [0.5, 0.6) is 5.75 Å². The first-order chi connectivity index (χ1) is 12.0. The van der Waals surface area contributed by atoms with Crippen LogP contribution in [-0.4, -0.2) is 36.5 Å². The van der Waals surface area contributed by atoms with Gasteiger partial charge >= 0.3 is 0 Å². The fraction of sp³-hybridized carbons (Fsp3) is 0.300. The van der Waals surface area contributed by atoms with Crippen LogP contribution in [-0.2, 0) is 11.3 Å². The van der Waals surface area contributed by atoms with Crippen LogP contribution in [0.1, 0.15) is 29.3 Å². The zero-order valence-electron chi connectivity index (χ0n) is 14.8. The molecule has 0 aliphatic carbocycles. The minimum absolute atomic E-state index is 0.0273. The Balaban J connectivity index is 1.85. The van der Waals surface area contributed by atoms with E-state index in [0.29, 0.717) is 24.3 Å². The number of rotatable bonds is 8. The van der Waals surface area contributed by atoms with Gasteiger partial charge in [0.25, 0.3) is 5.91 Å². The summed E-state index contributed by atoms with van der Waals surface area (Å²) < 4.78 is 5.53. The van der Waals surface area contributed by atoms with Crippen molar-refractivity contribution in [3.05, 3.63) is 59.7 Å². The van der Waals surface area contributed by atoms with Crippen molar-refractivity contribution in [2.45, 2.75) is 24.8 Å². The highest BCUT2D eigenvalue weighted by Gasteiger charge is 2.11. The maximum Gasteiger partial charge on any atom is 0.260 e. The number of Topliss-reactive ketones (excluding diaryl/α,β-unsaturated/α-hetero) is 1. The Hall–Kier alpha value is -2.27. The van der Waals surface area contributed by atoms with Gasteiger partial charge in [-0.2, -0.15) is 0 Å². The number of likely N-dealkylation sites (N-methyl/N-ethyl adjacent to an activating group) is 1. The topological polar surface area (TPSA) is 46.6 Å². The molecule has 4 nitrogen and oxygen atoms in total. The van der Waals surface area contributed by atoms with Crippen molar-refractivity contribution in [2.75, 3.05) is 19.9 Å². The largest absolute Gasteiger partial charge is 0.484 e. The number of nitrogens with zero attached hydrogens (tertiary/aromatic N) is 1. The molecule has 0 saturated carbocycles. The Morgan fingerprint density at radius 3 is 2.24 bits per heavy atom. The molecule has 25 heavy (non-hydrogen) atoms. The molecule has 0 spiro atoms. The summed E-state index contributed by atoms with van der Waals surface area (Å²) in [6.45, 7) is 2.34. The van der Waals surface area contributed by atoms with Crippen LogP contribution in [0.2, 0.25) is 0 Å². The number of hydrogen-bond donors (Lipinski definition) is 0. The van der Waals surface area contributed by atoms with Crippen LogP contribution in [0.4, 0.5) is 0 Å². The van der Waals surface area contributed by atoms with E-state index in [9.17, 15) is 9.59 Å². The van der Waals surface area contributed by atoms with Gasteiger partial charge in [0, 0.05) is 30.5 Å². The van der Waals surface area contributed by atoms with Crippen molar-refractivity contribution < 1.29 is 14.3 Å². The van der Waals surface area contributed by atoms with Crippen LogP contribution >= 0.6 is 11.8 Å². The van der Waals surface area contributed by atoms with Gasteiger partial charge in [-0.05, 0) is 48.2 Å². The highest BCUT2D eigenvalue weighted by molar-refractivity contribution is 7.98. The fourth-order valence-electron chi connectivity index (χ4n) is 2.29. The lowest BCUT2D eigenvalue weighted by molar-refractivity contribution is -0.132. The first kappa shape index (κ1) is 19.1. The van der Waals surface area contributed by atoms with Crippen molar-refractivity contribution in [3.8, 4) is 5.75 Å². The summed E-state index contributed by atoms with van der Waals surface area (Å²) in [6.07, 6.45) is 2.51. The Morgan fingerprint density at radius 2 is 1.68 bits per heavy atom. The van der Waals surface area contributed by atoms with Gasteiger partial charge < -0.3 is 9.64 Å². The lowest BCUT2D eigenvalue weighted by Gasteiger charge is -2.18. The Bertz CT molecular complexity index is 711. The molecule has 0 unspecified atom stereocenters. The van der Waals surface area contributed by atoms with Crippen LogP contribution in [0.15, 0.2) is 53.4 Å². The number of benzene rings is 2. The van der Waals surface area contributed by atoms with E-state index in [4.69, 9.17) is 4.74 Å². The van der Waals surface area contributed by atoms with Crippen LogP contribution in [0, 0.1) is 0 Å². The standard InChI is InChI=1S/C20H23NO3S/c1-4-19(22)16-7-9-17(10-8-16)24-14-20(23)21(2)13-15-5-11-18(25-3)12-6-15/h5-12H,4,13-14H2,1-3H3. The summed E-state index contributed by atoms with van der Waals surface area (Å²) in [4.78, 5) is 26.6. The molecule has 2 rings (SSSR count). The first-order valence-electron chi connectivity index (χ1n) is 8.16. The first-order valence-corrected chi connectivity index (χ1v) is 9.39. The van der Waals surface area contributed by atoms with Gasteiger partial charge in [-0.1, -0.05) is 19.1 Å². The maximum absolute atomic E-state index is 12.2. The van der Waals surface area contributed by atoms with Gasteiger partial charge in [0.05, 0.1) is 0 Å². The summed E-state index contributed by atoms with van der Waals surface area (Å²) >= 11 is 1.69. The average molecular weight is 357 g/mol. The van der Waals surface area contributed by atoms with Crippen LogP contribution in [0.25, 0.3) is 0 Å². The highest BCUT2D eigenvalue weighted by Crippen LogP contribution is 2.16. The second-order valence-electron chi connectivity index (χ2n) is 5.69. The highest BCUT2D eigenvalue weighted by atomic mass is 32.2. The molecule has 0 aliphatic rings. The SMILES string of the molecule is CCC(=O)c1ccc(OCC(=O)N(C)Cc2ccc(SC)cc2)cc1. The van der Waals surface area contributed by atoms with E-state index in [0.717, 1.165) is 5.56 Å². The predicted octanol–water partition coefficient (Wildman–Crippen LogP) is 4.04. The number of amides is 1. The molecule has 0 radical (unpaired) electrons. The fourth-order valence-corrected chi connectivity index (χ4v) is 2.70. The molecule has 0 aromatic heterocycles. The number of ketones is 1. The molecule has 2 aromatic rings. The second-order valence-corrected chi connectivity index (χ2v) is 6.57. The Labute approximate surface area is 153 Å². The summed E-state index contributed by atoms with van der Waals surface area (Å²) in [6, 6.07) is 15.0. The summed E-state index contributed by atoms with van der Waals surface area (Å²) in [5.74, 6) is 0.580. The second kappa shape index (κ2) is 9.28. The molecule has 0 bridgehead atoms. The van der Waals surface area contributed by atoms with E-state index in [1.165, 1.54) is 4.90 Å². The summed E-state index contributed by atoms with van der Waals surface area (Å²) in [7, 11) is 1.76. The van der Waals surface area contributed by atoms with Gasteiger partial charge in [-0.15, -0.1) is 11.8 Å². The normalized spacial score (nSPS) is 10.4. The zero-order chi connectivity index (χ0) is 18.2. The predicted molar refractivity (Wildman–Crippen MR) is 101 cm³/mol. The minimum Gasteiger partial charge on any atom is -0.484 e. The van der Waals surface area contributed by atoms with E-state index < -0.39 is 0 Å². The van der Waals surface area contributed by atoms with Gasteiger partial charge in [-0.25, -0.2) is 0 Å². The summed E-state index contributed by atoms with van der Waals surface area (Å²) in [5, 5.41) is 0. The molecule has 0 heterocycles. The van der Waals surface area contributed by atoms with Gasteiger partial charge in [0.1, 0.15) is 5.75 Å². The van der Waals surface area contributed by atoms with Crippen molar-refractivity contribution >= 4 is 23.5 Å². The molecule has 2 aromatic carbocycles. The number of carbonyl (C=O) groups excluding carboxylic acids is 2. The lowest BCUT2D eigenvalue weighted by Crippen LogP contribution is -2.30. The number of carbonyl (C=O) groups is 2. The smallest absolute Gasteiger partial charge is 0.260 e. The van der Waals surface area contributed by atoms with E-state index >= 15 is 0 Å². The van der Waals surface area contributed by atoms with E-state index in [1.807, 2.05) is 37.4 Å². The molecule has 0 saturated heterocycles. The maximum atomic E-state index is 12.2. The zero-order valence-corrected chi connectivity index (χ0v) is 15.6. The van der Waals surface area contributed by atoms with Crippen LogP contribution < -0.4 is 4.74 Å². The van der Waals surface area contributed by atoms with Crippen molar-refractivity contribution in [3.63, 3.8) is 0 Å². The number of ether oxygens (including phenoxy) is 1. The van der Waals surface area contributed by atoms with Gasteiger partial charge in [-0.3, -0.25) is 9.59 Å². The molecular formula is C20H23NO3S. The van der Waals surface area contributed by atoms with E-state index in [1.54, 1.807) is 48.0 Å². The number of thioether (sulfide) groups is 1. The third kappa shape index (κ3) is 5.64. The Kier molecular flexibility index (Phi) is 7.07. The lowest BCUT2D eigenvalue weighted by atomic mass is 10.1. The molecular weight excluding hydrogens is 334 g/mol. The molecule has 0 atom stereocenters. The molecule has 1 amide bonds. The van der Waals surface area contributed by atoms with Crippen molar-refractivity contribution in [2.24, 2.45) is 0 Å². The quantitative estimate of drug-likeness (QED) is 0.528. The molecule has 0 aliphatic heterocycles. The minimum atomic E-state index is -0.0948. The Morgan fingerprint density at radius 1 is 1.04 bits per heavy atom. The molecule has 5 heteroatoms. The summed E-state index contributed by atoms with van der Waals surface area (Å²) in [5.41, 5.74) is 1.74. The molecule has 0 fully saturated rings. The van der Waals surface area contributed by atoms with Gasteiger partial charge in [0.15, 0.2) is 12.4 Å².